The number of carbonyl (C=O) groups is 1. The second-order valence-electron chi connectivity index (χ2n) is 7.82. The molecule has 1 aliphatic carbocycles. The van der Waals surface area contributed by atoms with Gasteiger partial charge in [0.15, 0.2) is 0 Å². The van der Waals surface area contributed by atoms with Gasteiger partial charge in [-0.25, -0.2) is 8.42 Å². The molecule has 30 heavy (non-hydrogen) atoms. The van der Waals surface area contributed by atoms with E-state index in [0.29, 0.717) is 29.5 Å². The number of hydrogen-bond donors (Lipinski definition) is 2. The fourth-order valence-electron chi connectivity index (χ4n) is 3.72. The van der Waals surface area contributed by atoms with E-state index in [-0.39, 0.29) is 10.8 Å². The molecule has 0 radical (unpaired) electrons. The maximum atomic E-state index is 13.0. The molecule has 2 aromatic carbocycles. The summed E-state index contributed by atoms with van der Waals surface area (Å²) < 4.78 is 28.2. The molecular weight excluding hydrogens is 422 g/mol. The van der Waals surface area contributed by atoms with Crippen LogP contribution in [0.25, 0.3) is 0 Å². The number of sulfonamides is 1. The highest BCUT2D eigenvalue weighted by molar-refractivity contribution is 7.90. The van der Waals surface area contributed by atoms with E-state index in [2.05, 4.69) is 15.0 Å². The number of hydrogen-bond acceptors (Lipinski definition) is 4. The van der Waals surface area contributed by atoms with Gasteiger partial charge in [0.05, 0.1) is 10.3 Å². The van der Waals surface area contributed by atoms with Crippen LogP contribution in [0, 0.1) is 0 Å². The zero-order valence-electron chi connectivity index (χ0n) is 16.5. The van der Waals surface area contributed by atoms with Crippen molar-refractivity contribution in [2.45, 2.75) is 48.8 Å². The maximum Gasteiger partial charge on any atom is 0.262 e. The van der Waals surface area contributed by atoms with E-state index in [1.807, 2.05) is 18.2 Å². The van der Waals surface area contributed by atoms with Gasteiger partial charge in [-0.05, 0) is 61.6 Å². The standard InChI is InChI=1S/C22H24ClN3O3S/c23-17-7-4-6-16(14-17)22(11-12-22)21(27)25-18-8-5-9-19(15-18)30(28,29)26-20-10-2-1-3-13-24-20/h4-9,14-15H,1-3,10-13H2,(H,24,26)(H,25,27). The molecule has 2 N–H and O–H groups in total. The van der Waals surface area contributed by atoms with Crippen molar-refractivity contribution in [1.82, 2.24) is 4.72 Å². The van der Waals surface area contributed by atoms with Crippen molar-refractivity contribution in [3.05, 3.63) is 59.1 Å². The molecule has 1 saturated carbocycles. The summed E-state index contributed by atoms with van der Waals surface area (Å²) >= 11 is 6.09. The first-order valence-electron chi connectivity index (χ1n) is 10.1. The summed E-state index contributed by atoms with van der Waals surface area (Å²) in [5.74, 6) is 0.347. The largest absolute Gasteiger partial charge is 0.325 e. The van der Waals surface area contributed by atoms with Crippen LogP contribution in [0.3, 0.4) is 0 Å². The van der Waals surface area contributed by atoms with Gasteiger partial charge in [0.2, 0.25) is 5.91 Å². The minimum atomic E-state index is -3.76. The van der Waals surface area contributed by atoms with E-state index in [9.17, 15) is 13.2 Å². The molecule has 1 heterocycles. The molecule has 2 aromatic rings. The molecule has 4 rings (SSSR count). The SMILES string of the molecule is O=C(Nc1cccc(S(=O)(=O)NC2=NCCCCC2)c1)C1(c2cccc(Cl)c2)CC1. The lowest BCUT2D eigenvalue weighted by Gasteiger charge is -2.17. The summed E-state index contributed by atoms with van der Waals surface area (Å²) in [5, 5.41) is 3.47. The molecule has 8 heteroatoms. The predicted octanol–water partition coefficient (Wildman–Crippen LogP) is 4.26. The van der Waals surface area contributed by atoms with Crippen LogP contribution in [0.1, 0.15) is 44.1 Å². The number of carbonyl (C=O) groups excluding carboxylic acids is 1. The summed E-state index contributed by atoms with van der Waals surface area (Å²) in [5.41, 5.74) is 0.718. The quantitative estimate of drug-likeness (QED) is 0.720. The number of benzene rings is 2. The Morgan fingerprint density at radius 2 is 1.83 bits per heavy atom. The number of aliphatic imine (C=N–C) groups is 1. The molecule has 0 spiro atoms. The topological polar surface area (TPSA) is 87.6 Å². The van der Waals surface area contributed by atoms with Crippen LogP contribution in [-0.4, -0.2) is 26.7 Å². The molecule has 0 saturated heterocycles. The molecule has 1 aliphatic heterocycles. The number of rotatable bonds is 5. The Kier molecular flexibility index (Phi) is 5.84. The highest BCUT2D eigenvalue weighted by atomic mass is 35.5. The molecule has 0 atom stereocenters. The van der Waals surface area contributed by atoms with Crippen molar-refractivity contribution in [2.75, 3.05) is 11.9 Å². The van der Waals surface area contributed by atoms with Crippen LogP contribution in [0.2, 0.25) is 5.02 Å². The maximum absolute atomic E-state index is 13.0. The number of amidine groups is 1. The monoisotopic (exact) mass is 445 g/mol. The Labute approximate surface area is 181 Å². The van der Waals surface area contributed by atoms with Gasteiger partial charge in [0.25, 0.3) is 10.0 Å². The Morgan fingerprint density at radius 1 is 1.03 bits per heavy atom. The third kappa shape index (κ3) is 4.52. The van der Waals surface area contributed by atoms with Gasteiger partial charge in [0.1, 0.15) is 5.84 Å². The number of anilines is 1. The minimum Gasteiger partial charge on any atom is -0.325 e. The molecule has 158 valence electrons. The average Bonchev–Trinajstić information content (AvgIpc) is 3.54. The Morgan fingerprint density at radius 3 is 2.60 bits per heavy atom. The van der Waals surface area contributed by atoms with Crippen LogP contribution < -0.4 is 10.0 Å². The van der Waals surface area contributed by atoms with Gasteiger partial charge in [-0.2, -0.15) is 0 Å². The lowest BCUT2D eigenvalue weighted by molar-refractivity contribution is -0.118. The highest BCUT2D eigenvalue weighted by Crippen LogP contribution is 2.49. The van der Waals surface area contributed by atoms with Gasteiger partial charge in [-0.15, -0.1) is 0 Å². The van der Waals surface area contributed by atoms with Crippen LogP contribution in [0.5, 0.6) is 0 Å². The second-order valence-corrected chi connectivity index (χ2v) is 9.94. The normalized spacial score (nSPS) is 18.1. The summed E-state index contributed by atoms with van der Waals surface area (Å²) in [4.78, 5) is 17.4. The summed E-state index contributed by atoms with van der Waals surface area (Å²) in [6.07, 6.45) is 5.03. The first kappa shape index (κ1) is 20.9. The van der Waals surface area contributed by atoms with Gasteiger partial charge in [0, 0.05) is 23.7 Å². The van der Waals surface area contributed by atoms with Gasteiger partial charge in [-0.1, -0.05) is 36.2 Å². The van der Waals surface area contributed by atoms with E-state index in [4.69, 9.17) is 11.6 Å². The van der Waals surface area contributed by atoms with E-state index in [1.165, 1.54) is 12.1 Å². The van der Waals surface area contributed by atoms with Crippen LogP contribution in [0.15, 0.2) is 58.4 Å². The molecule has 0 unspecified atom stereocenters. The Hall–Kier alpha value is -2.38. The highest BCUT2D eigenvalue weighted by Gasteiger charge is 2.51. The molecule has 0 bridgehead atoms. The van der Waals surface area contributed by atoms with Crippen LogP contribution in [-0.2, 0) is 20.2 Å². The number of halogens is 1. The van der Waals surface area contributed by atoms with Crippen molar-refractivity contribution < 1.29 is 13.2 Å². The molecular formula is C22H24ClN3O3S. The molecule has 2 aliphatic rings. The van der Waals surface area contributed by atoms with Crippen molar-refractivity contribution in [2.24, 2.45) is 4.99 Å². The smallest absolute Gasteiger partial charge is 0.262 e. The fraction of sp³-hybridized carbons (Fsp3) is 0.364. The average molecular weight is 446 g/mol. The number of nitrogens with one attached hydrogen (secondary N) is 2. The number of nitrogens with zero attached hydrogens (tertiary/aromatic N) is 1. The van der Waals surface area contributed by atoms with Crippen molar-refractivity contribution in [3.8, 4) is 0 Å². The summed E-state index contributed by atoms with van der Waals surface area (Å²) in [6.45, 7) is 0.638. The van der Waals surface area contributed by atoms with Gasteiger partial charge >= 0.3 is 0 Å². The summed E-state index contributed by atoms with van der Waals surface area (Å²) in [6, 6.07) is 13.6. The zero-order valence-corrected chi connectivity index (χ0v) is 18.1. The van der Waals surface area contributed by atoms with E-state index >= 15 is 0 Å². The van der Waals surface area contributed by atoms with Gasteiger partial charge < -0.3 is 5.32 Å². The Bertz CT molecular complexity index is 1090. The minimum absolute atomic E-state index is 0.0971. The lowest BCUT2D eigenvalue weighted by atomic mass is 9.95. The van der Waals surface area contributed by atoms with Crippen LogP contribution in [0.4, 0.5) is 5.69 Å². The Balaban J connectivity index is 1.51. The first-order chi connectivity index (χ1) is 14.4. The third-order valence-electron chi connectivity index (χ3n) is 5.59. The predicted molar refractivity (Wildman–Crippen MR) is 119 cm³/mol. The molecule has 1 fully saturated rings. The fourth-order valence-corrected chi connectivity index (χ4v) is 5.05. The second kappa shape index (κ2) is 8.40. The number of amides is 1. The zero-order chi connectivity index (χ0) is 21.2. The lowest BCUT2D eigenvalue weighted by Crippen LogP contribution is -2.31. The molecule has 0 aromatic heterocycles. The first-order valence-corrected chi connectivity index (χ1v) is 12.0. The van der Waals surface area contributed by atoms with Crippen molar-refractivity contribution in [1.29, 1.82) is 0 Å². The van der Waals surface area contributed by atoms with Crippen molar-refractivity contribution >= 4 is 39.1 Å². The van der Waals surface area contributed by atoms with Gasteiger partial charge in [-0.3, -0.25) is 14.5 Å². The van der Waals surface area contributed by atoms with Crippen molar-refractivity contribution in [3.63, 3.8) is 0 Å². The molecule has 1 amide bonds. The third-order valence-corrected chi connectivity index (χ3v) is 7.20. The summed E-state index contributed by atoms with van der Waals surface area (Å²) in [7, 11) is -3.76. The van der Waals surface area contributed by atoms with E-state index < -0.39 is 15.4 Å². The molecule has 6 nitrogen and oxygen atoms in total. The van der Waals surface area contributed by atoms with E-state index in [0.717, 1.165) is 37.7 Å². The van der Waals surface area contributed by atoms with Crippen LogP contribution >= 0.6 is 11.6 Å². The van der Waals surface area contributed by atoms with E-state index in [1.54, 1.807) is 18.2 Å².